The third-order valence-electron chi connectivity index (χ3n) is 4.11. The van der Waals surface area contributed by atoms with Gasteiger partial charge < -0.3 is 5.32 Å². The van der Waals surface area contributed by atoms with Gasteiger partial charge in [0.2, 0.25) is 0 Å². The van der Waals surface area contributed by atoms with Crippen molar-refractivity contribution >= 4 is 54.4 Å². The molecule has 0 unspecified atom stereocenters. The van der Waals surface area contributed by atoms with Crippen molar-refractivity contribution in [2.75, 3.05) is 18.1 Å². The van der Waals surface area contributed by atoms with Crippen LogP contribution in [0, 0.1) is 0 Å². The Morgan fingerprint density at radius 3 is 2.90 bits per heavy atom. The van der Waals surface area contributed by atoms with Gasteiger partial charge in [0.1, 0.15) is 0 Å². The van der Waals surface area contributed by atoms with E-state index < -0.39 is 0 Å². The van der Waals surface area contributed by atoms with E-state index in [-0.39, 0.29) is 0 Å². The molecule has 1 aliphatic carbocycles. The molecule has 0 radical (unpaired) electrons. The maximum absolute atomic E-state index is 4.69. The van der Waals surface area contributed by atoms with Gasteiger partial charge >= 0.3 is 0 Å². The Morgan fingerprint density at radius 1 is 1.35 bits per heavy atom. The molecule has 0 bridgehead atoms. The van der Waals surface area contributed by atoms with Crippen molar-refractivity contribution in [3.63, 3.8) is 0 Å². The Morgan fingerprint density at radius 2 is 2.15 bits per heavy atom. The lowest BCUT2D eigenvalue weighted by Crippen LogP contribution is -2.35. The second-order valence-electron chi connectivity index (χ2n) is 5.43. The molecule has 2 nitrogen and oxygen atoms in total. The van der Waals surface area contributed by atoms with Crippen molar-refractivity contribution in [2.45, 2.75) is 36.9 Å². The molecule has 0 spiro atoms. The van der Waals surface area contributed by atoms with E-state index in [0.717, 1.165) is 21.7 Å². The Bertz CT molecular complexity index is 591. The van der Waals surface area contributed by atoms with Crippen LogP contribution in [-0.2, 0) is 0 Å². The van der Waals surface area contributed by atoms with E-state index in [9.17, 15) is 0 Å². The largest absolute Gasteiger partial charge is 0.360 e. The molecule has 108 valence electrons. The molecule has 1 heterocycles. The predicted molar refractivity (Wildman–Crippen MR) is 95.1 cm³/mol. The van der Waals surface area contributed by atoms with Crippen molar-refractivity contribution in [1.82, 2.24) is 4.98 Å². The summed E-state index contributed by atoms with van der Waals surface area (Å²) in [5.41, 5.74) is 1.08. The lowest BCUT2D eigenvalue weighted by molar-refractivity contribution is 0.411. The maximum atomic E-state index is 4.69. The third kappa shape index (κ3) is 3.15. The number of hydrogen-bond acceptors (Lipinski definition) is 4. The Hall–Kier alpha value is -0.260. The zero-order valence-corrected chi connectivity index (χ0v) is 14.8. The number of thiazole rings is 1. The summed E-state index contributed by atoms with van der Waals surface area (Å²) in [5, 5.41) is 4.64. The molecule has 3 rings (SSSR count). The number of fused-ring (bicyclic) bond motifs is 1. The summed E-state index contributed by atoms with van der Waals surface area (Å²) in [6, 6.07) is 6.30. The van der Waals surface area contributed by atoms with Gasteiger partial charge in [-0.25, -0.2) is 4.98 Å². The molecule has 0 saturated heterocycles. The molecule has 1 fully saturated rings. The lowest BCUT2D eigenvalue weighted by atomic mass is 9.88. The van der Waals surface area contributed by atoms with E-state index in [0.29, 0.717) is 4.75 Å². The molecule has 1 aromatic carbocycles. The highest BCUT2D eigenvalue weighted by Crippen LogP contribution is 2.39. The number of aromatic nitrogens is 1. The fraction of sp³-hybridized carbons (Fsp3) is 0.533. The highest BCUT2D eigenvalue weighted by atomic mass is 79.9. The van der Waals surface area contributed by atoms with E-state index in [4.69, 9.17) is 4.98 Å². The first-order chi connectivity index (χ1) is 9.71. The first-order valence-electron chi connectivity index (χ1n) is 7.06. The Kier molecular flexibility index (Phi) is 4.58. The van der Waals surface area contributed by atoms with Crippen molar-refractivity contribution in [1.29, 1.82) is 0 Å². The summed E-state index contributed by atoms with van der Waals surface area (Å²) < 4.78 is 2.75. The van der Waals surface area contributed by atoms with Crippen molar-refractivity contribution in [2.24, 2.45) is 0 Å². The van der Waals surface area contributed by atoms with E-state index in [1.165, 1.54) is 36.8 Å². The topological polar surface area (TPSA) is 24.9 Å². The molecule has 1 aromatic heterocycles. The summed E-state index contributed by atoms with van der Waals surface area (Å²) in [7, 11) is 0. The van der Waals surface area contributed by atoms with Crippen LogP contribution in [0.15, 0.2) is 22.7 Å². The zero-order chi connectivity index (χ0) is 14.0. The number of benzene rings is 1. The third-order valence-corrected chi connectivity index (χ3v) is 7.02. The van der Waals surface area contributed by atoms with Gasteiger partial charge in [-0.05, 0) is 37.3 Å². The zero-order valence-electron chi connectivity index (χ0n) is 11.6. The number of nitrogens with one attached hydrogen (secondary N) is 1. The van der Waals surface area contributed by atoms with Gasteiger partial charge in [-0.3, -0.25) is 0 Å². The average Bonchev–Trinajstić information content (AvgIpc) is 2.88. The molecule has 1 saturated carbocycles. The van der Waals surface area contributed by atoms with Gasteiger partial charge in [0.25, 0.3) is 0 Å². The maximum Gasteiger partial charge on any atom is 0.183 e. The number of anilines is 1. The van der Waals surface area contributed by atoms with Crippen LogP contribution in [0.3, 0.4) is 0 Å². The number of thioether (sulfide) groups is 1. The molecule has 20 heavy (non-hydrogen) atoms. The monoisotopic (exact) mass is 370 g/mol. The summed E-state index contributed by atoms with van der Waals surface area (Å²) in [6.07, 6.45) is 9.06. The van der Waals surface area contributed by atoms with Crippen LogP contribution in [0.4, 0.5) is 5.13 Å². The fourth-order valence-electron chi connectivity index (χ4n) is 2.86. The number of rotatable bonds is 4. The second kappa shape index (κ2) is 6.24. The smallest absolute Gasteiger partial charge is 0.183 e. The van der Waals surface area contributed by atoms with Gasteiger partial charge in [0.15, 0.2) is 5.13 Å². The Balaban J connectivity index is 1.72. The molecule has 2 aromatic rings. The van der Waals surface area contributed by atoms with Crippen LogP contribution >= 0.6 is 39.0 Å². The first kappa shape index (κ1) is 14.7. The van der Waals surface area contributed by atoms with E-state index in [1.807, 2.05) is 11.8 Å². The molecule has 0 atom stereocenters. The predicted octanol–water partition coefficient (Wildman–Crippen LogP) is 5.54. The molecule has 0 amide bonds. The molecule has 1 N–H and O–H groups in total. The Labute approximate surface area is 136 Å². The molecular formula is C15H19BrN2S2. The van der Waals surface area contributed by atoms with Crippen LogP contribution in [0.1, 0.15) is 32.1 Å². The molecule has 5 heteroatoms. The highest BCUT2D eigenvalue weighted by Gasteiger charge is 2.31. The first-order valence-corrected chi connectivity index (χ1v) is 9.89. The van der Waals surface area contributed by atoms with Gasteiger partial charge in [-0.2, -0.15) is 11.8 Å². The standard InChI is InChI=1S/C15H19BrN2S2/c1-19-15(7-3-2-4-8-15)10-17-14-18-12-9-11(16)5-6-13(12)20-14/h5-6,9H,2-4,7-8,10H2,1H3,(H,17,18). The van der Waals surface area contributed by atoms with E-state index in [2.05, 4.69) is 45.7 Å². The fourth-order valence-corrected chi connectivity index (χ4v) is 4.97. The summed E-state index contributed by atoms with van der Waals surface area (Å²) in [6.45, 7) is 1.04. The summed E-state index contributed by atoms with van der Waals surface area (Å²) >= 11 is 7.28. The van der Waals surface area contributed by atoms with Gasteiger partial charge in [-0.15, -0.1) is 0 Å². The van der Waals surface area contributed by atoms with E-state index in [1.54, 1.807) is 11.3 Å². The van der Waals surface area contributed by atoms with Crippen molar-refractivity contribution < 1.29 is 0 Å². The van der Waals surface area contributed by atoms with Crippen LogP contribution in [0.5, 0.6) is 0 Å². The minimum atomic E-state index is 0.413. The molecular weight excluding hydrogens is 352 g/mol. The van der Waals surface area contributed by atoms with Gasteiger partial charge in [0, 0.05) is 15.8 Å². The minimum absolute atomic E-state index is 0.413. The van der Waals surface area contributed by atoms with Crippen LogP contribution < -0.4 is 5.32 Å². The summed E-state index contributed by atoms with van der Waals surface area (Å²) in [4.78, 5) is 4.69. The minimum Gasteiger partial charge on any atom is -0.360 e. The highest BCUT2D eigenvalue weighted by molar-refractivity contribution is 9.10. The second-order valence-corrected chi connectivity index (χ2v) is 8.65. The van der Waals surface area contributed by atoms with Gasteiger partial charge in [-0.1, -0.05) is 46.5 Å². The number of hydrogen-bond donors (Lipinski definition) is 1. The molecule has 0 aliphatic heterocycles. The summed E-state index contributed by atoms with van der Waals surface area (Å²) in [5.74, 6) is 0. The average molecular weight is 371 g/mol. The normalized spacial score (nSPS) is 18.3. The lowest BCUT2D eigenvalue weighted by Gasteiger charge is -2.35. The van der Waals surface area contributed by atoms with Crippen molar-refractivity contribution in [3.8, 4) is 0 Å². The van der Waals surface area contributed by atoms with Crippen LogP contribution in [-0.4, -0.2) is 22.5 Å². The molecule has 1 aliphatic rings. The van der Waals surface area contributed by atoms with Crippen LogP contribution in [0.25, 0.3) is 10.2 Å². The van der Waals surface area contributed by atoms with Crippen molar-refractivity contribution in [3.05, 3.63) is 22.7 Å². The van der Waals surface area contributed by atoms with E-state index >= 15 is 0 Å². The van der Waals surface area contributed by atoms with Gasteiger partial charge in [0.05, 0.1) is 10.2 Å². The number of nitrogens with zero attached hydrogens (tertiary/aromatic N) is 1. The SMILES string of the molecule is CSC1(CNc2nc3cc(Br)ccc3s2)CCCCC1. The quantitative estimate of drug-likeness (QED) is 0.764. The number of halogens is 1. The van der Waals surface area contributed by atoms with Crippen LogP contribution in [0.2, 0.25) is 0 Å².